The summed E-state index contributed by atoms with van der Waals surface area (Å²) in [6, 6.07) is 12.4. The van der Waals surface area contributed by atoms with Gasteiger partial charge in [-0.15, -0.1) is 12.4 Å². The monoisotopic (exact) mass is 391 g/mol. The van der Waals surface area contributed by atoms with Gasteiger partial charge in [-0.1, -0.05) is 41.6 Å². The number of alkyl halides is 2. The zero-order chi connectivity index (χ0) is 16.4. The third-order valence-corrected chi connectivity index (χ3v) is 4.70. The number of carbonyl (C=O) groups excluding carboxylic acids is 1. The van der Waals surface area contributed by atoms with Gasteiger partial charge < -0.3 is 10.1 Å². The molecule has 0 radical (unpaired) electrons. The Kier molecular flexibility index (Phi) is 5.96. The van der Waals surface area contributed by atoms with Crippen LogP contribution in [-0.4, -0.2) is 18.6 Å². The van der Waals surface area contributed by atoms with E-state index in [1.165, 1.54) is 11.8 Å². The normalized spacial score (nSPS) is 19.0. The Morgan fingerprint density at radius 3 is 2.54 bits per heavy atom. The third-order valence-electron chi connectivity index (χ3n) is 3.35. The van der Waals surface area contributed by atoms with Crippen LogP contribution in [0.4, 0.5) is 13.6 Å². The van der Waals surface area contributed by atoms with Crippen LogP contribution in [0.2, 0.25) is 5.02 Å². The Morgan fingerprint density at radius 2 is 1.83 bits per heavy atom. The highest BCUT2D eigenvalue weighted by Crippen LogP contribution is 2.40. The zero-order valence-corrected chi connectivity index (χ0v) is 14.6. The molecule has 1 aliphatic heterocycles. The topological polar surface area (TPSA) is 38.3 Å². The van der Waals surface area contributed by atoms with Gasteiger partial charge in [0.05, 0.1) is 0 Å². The largest absolute Gasteiger partial charge is 0.443 e. The van der Waals surface area contributed by atoms with Crippen LogP contribution in [0, 0.1) is 0 Å². The Hall–Kier alpha value is -1.50. The van der Waals surface area contributed by atoms with Crippen molar-refractivity contribution in [2.45, 2.75) is 21.8 Å². The zero-order valence-electron chi connectivity index (χ0n) is 12.2. The molecule has 0 spiro atoms. The average molecular weight is 392 g/mol. The lowest BCUT2D eigenvalue weighted by Gasteiger charge is -2.32. The predicted molar refractivity (Wildman–Crippen MR) is 91.4 cm³/mol. The van der Waals surface area contributed by atoms with Crippen LogP contribution in [0.1, 0.15) is 11.6 Å². The fourth-order valence-corrected chi connectivity index (χ4v) is 3.36. The summed E-state index contributed by atoms with van der Waals surface area (Å²) in [6.07, 6.45) is -0.841. The van der Waals surface area contributed by atoms with Crippen molar-refractivity contribution < 1.29 is 18.3 Å². The molecule has 0 aromatic heterocycles. The maximum Gasteiger partial charge on any atom is 0.408 e. The number of ether oxygens (including phenoxy) is 1. The average Bonchev–Trinajstić information content (AvgIpc) is 2.53. The van der Waals surface area contributed by atoms with Gasteiger partial charge in [0.25, 0.3) is 0 Å². The molecule has 2 aromatic carbocycles. The first kappa shape index (κ1) is 18.8. The molecule has 128 valence electrons. The van der Waals surface area contributed by atoms with E-state index in [9.17, 15) is 13.6 Å². The van der Waals surface area contributed by atoms with Crippen LogP contribution in [0.3, 0.4) is 0 Å². The van der Waals surface area contributed by atoms with Crippen LogP contribution in [0.15, 0.2) is 58.3 Å². The van der Waals surface area contributed by atoms with Gasteiger partial charge in [-0.05, 0) is 35.9 Å². The molecule has 1 atom stereocenters. The molecule has 1 aliphatic rings. The van der Waals surface area contributed by atoms with Gasteiger partial charge in [-0.25, -0.2) is 13.6 Å². The first-order valence-electron chi connectivity index (χ1n) is 6.79. The molecule has 3 rings (SSSR count). The summed E-state index contributed by atoms with van der Waals surface area (Å²) in [7, 11) is 0. The maximum atomic E-state index is 14.1. The van der Waals surface area contributed by atoms with E-state index in [1.54, 1.807) is 36.4 Å². The summed E-state index contributed by atoms with van der Waals surface area (Å²) in [6.45, 7) is -0.927. The van der Waals surface area contributed by atoms with Crippen molar-refractivity contribution in [3.63, 3.8) is 0 Å². The molecule has 1 saturated heterocycles. The maximum absolute atomic E-state index is 14.1. The molecular weight excluding hydrogens is 379 g/mol. The number of alkyl carbamates (subject to hydrolysis) is 1. The molecule has 0 unspecified atom stereocenters. The van der Waals surface area contributed by atoms with Crippen molar-refractivity contribution in [2.24, 2.45) is 0 Å². The predicted octanol–water partition coefficient (Wildman–Crippen LogP) is 5.33. The minimum Gasteiger partial charge on any atom is -0.443 e. The SMILES string of the molecule is Cl.O=C1N[C@@H](c2ccccc2Sc2ccc(Cl)cc2)C(F)(F)CO1. The fraction of sp³-hybridized carbons (Fsp3) is 0.188. The first-order valence-corrected chi connectivity index (χ1v) is 7.98. The molecule has 1 amide bonds. The van der Waals surface area contributed by atoms with E-state index in [0.717, 1.165) is 4.90 Å². The number of benzene rings is 2. The van der Waals surface area contributed by atoms with Gasteiger partial charge in [-0.2, -0.15) is 0 Å². The third kappa shape index (κ3) is 4.12. The molecule has 3 nitrogen and oxygen atoms in total. The van der Waals surface area contributed by atoms with Gasteiger partial charge in [0.2, 0.25) is 0 Å². The second-order valence-electron chi connectivity index (χ2n) is 5.01. The first-order chi connectivity index (χ1) is 11.0. The number of cyclic esters (lactones) is 1. The number of amides is 1. The van der Waals surface area contributed by atoms with Crippen molar-refractivity contribution in [3.05, 3.63) is 59.1 Å². The highest BCUT2D eigenvalue weighted by molar-refractivity contribution is 7.99. The molecule has 1 N–H and O–H groups in total. The highest BCUT2D eigenvalue weighted by atomic mass is 35.5. The molecule has 0 saturated carbocycles. The molecule has 0 bridgehead atoms. The Bertz CT molecular complexity index is 728. The number of rotatable bonds is 3. The molecular formula is C16H13Cl2F2NO2S. The molecule has 0 aliphatic carbocycles. The van der Waals surface area contributed by atoms with Crippen molar-refractivity contribution in [3.8, 4) is 0 Å². The second-order valence-corrected chi connectivity index (χ2v) is 6.56. The van der Waals surface area contributed by atoms with E-state index in [2.05, 4.69) is 10.1 Å². The molecule has 24 heavy (non-hydrogen) atoms. The summed E-state index contributed by atoms with van der Waals surface area (Å²) in [4.78, 5) is 12.9. The van der Waals surface area contributed by atoms with Gasteiger partial charge in [0.1, 0.15) is 6.04 Å². The minimum absolute atomic E-state index is 0. The lowest BCUT2D eigenvalue weighted by molar-refractivity contribution is -0.104. The number of hydrogen-bond acceptors (Lipinski definition) is 3. The van der Waals surface area contributed by atoms with Crippen molar-refractivity contribution in [2.75, 3.05) is 6.61 Å². The smallest absolute Gasteiger partial charge is 0.408 e. The summed E-state index contributed by atoms with van der Waals surface area (Å²) in [5, 5.41) is 2.82. The van der Waals surface area contributed by atoms with E-state index < -0.39 is 24.7 Å². The van der Waals surface area contributed by atoms with Crippen molar-refractivity contribution >= 4 is 41.9 Å². The van der Waals surface area contributed by atoms with E-state index in [4.69, 9.17) is 11.6 Å². The standard InChI is InChI=1S/C16H12ClF2NO2S.ClH/c17-10-5-7-11(8-6-10)23-13-4-2-1-3-12(13)14-16(18,19)9-22-15(21)20-14;/h1-8,14H,9H2,(H,20,21);1H/t14-;/m0./s1. The van der Waals surface area contributed by atoms with Crippen molar-refractivity contribution in [1.29, 1.82) is 0 Å². The Morgan fingerprint density at radius 1 is 1.17 bits per heavy atom. The lowest BCUT2D eigenvalue weighted by atomic mass is 10.00. The van der Waals surface area contributed by atoms with E-state index >= 15 is 0 Å². The van der Waals surface area contributed by atoms with E-state index in [0.29, 0.717) is 15.5 Å². The molecule has 1 heterocycles. The molecule has 8 heteroatoms. The van der Waals surface area contributed by atoms with E-state index in [1.807, 2.05) is 12.1 Å². The summed E-state index contributed by atoms with van der Waals surface area (Å²) < 4.78 is 32.7. The number of hydrogen-bond donors (Lipinski definition) is 1. The van der Waals surface area contributed by atoms with Crippen LogP contribution in [0.5, 0.6) is 0 Å². The minimum atomic E-state index is -3.18. The Balaban J connectivity index is 0.00000208. The number of nitrogens with one attached hydrogen (secondary N) is 1. The second kappa shape index (κ2) is 7.59. The van der Waals surface area contributed by atoms with Crippen LogP contribution in [-0.2, 0) is 4.74 Å². The summed E-state index contributed by atoms with van der Waals surface area (Å²) in [5.41, 5.74) is 0.356. The highest BCUT2D eigenvalue weighted by Gasteiger charge is 2.47. The van der Waals surface area contributed by atoms with Crippen LogP contribution < -0.4 is 5.32 Å². The summed E-state index contributed by atoms with van der Waals surface area (Å²) >= 11 is 7.19. The van der Waals surface area contributed by atoms with Gasteiger partial charge in [-0.3, -0.25) is 0 Å². The van der Waals surface area contributed by atoms with Gasteiger partial charge in [0.15, 0.2) is 6.61 Å². The van der Waals surface area contributed by atoms with Crippen molar-refractivity contribution in [1.82, 2.24) is 5.32 Å². The van der Waals surface area contributed by atoms with Crippen LogP contribution >= 0.6 is 35.8 Å². The van der Waals surface area contributed by atoms with E-state index in [-0.39, 0.29) is 12.4 Å². The van der Waals surface area contributed by atoms with Crippen LogP contribution in [0.25, 0.3) is 0 Å². The Labute approximate surface area is 153 Å². The van der Waals surface area contributed by atoms with Gasteiger partial charge >= 0.3 is 12.0 Å². The fourth-order valence-electron chi connectivity index (χ4n) is 2.26. The molecule has 2 aromatic rings. The number of halogens is 4. The summed E-state index contributed by atoms with van der Waals surface area (Å²) in [5.74, 6) is -3.18. The van der Waals surface area contributed by atoms with Gasteiger partial charge in [0, 0.05) is 14.8 Å². The number of carbonyl (C=O) groups is 1. The molecule has 1 fully saturated rings. The lowest BCUT2D eigenvalue weighted by Crippen LogP contribution is -2.49. The quantitative estimate of drug-likeness (QED) is 0.768.